The Kier molecular flexibility index (Phi) is 4.65. The van der Waals surface area contributed by atoms with Crippen molar-refractivity contribution in [3.63, 3.8) is 0 Å². The van der Waals surface area contributed by atoms with Gasteiger partial charge in [0.25, 0.3) is 0 Å². The lowest BCUT2D eigenvalue weighted by molar-refractivity contribution is 0.305. The molecule has 0 heterocycles. The van der Waals surface area contributed by atoms with E-state index in [1.807, 2.05) is 0 Å². The van der Waals surface area contributed by atoms with Crippen LogP contribution in [0.3, 0.4) is 0 Å². The van der Waals surface area contributed by atoms with Crippen LogP contribution in [0.2, 0.25) is 0 Å². The van der Waals surface area contributed by atoms with Crippen molar-refractivity contribution < 1.29 is 0 Å². The van der Waals surface area contributed by atoms with Crippen molar-refractivity contribution in [2.24, 2.45) is 5.92 Å². The van der Waals surface area contributed by atoms with Crippen LogP contribution < -0.4 is 0 Å². The van der Waals surface area contributed by atoms with E-state index in [0.717, 1.165) is 0 Å². The van der Waals surface area contributed by atoms with Gasteiger partial charge in [-0.1, -0.05) is 94.8 Å². The van der Waals surface area contributed by atoms with Crippen LogP contribution in [0.15, 0.2) is 60.7 Å². The third kappa shape index (κ3) is 2.95. The normalized spacial score (nSPS) is 14.8. The first-order valence-corrected chi connectivity index (χ1v) is 7.67. The van der Waals surface area contributed by atoms with E-state index in [9.17, 15) is 0 Å². The van der Waals surface area contributed by atoms with Crippen LogP contribution in [0.25, 0.3) is 0 Å². The van der Waals surface area contributed by atoms with Crippen molar-refractivity contribution in [2.45, 2.75) is 45.4 Å². The zero-order valence-electron chi connectivity index (χ0n) is 13.1. The molecule has 0 N–H and O–H groups in total. The fraction of sp³-hybridized carbons (Fsp3) is 0.400. The summed E-state index contributed by atoms with van der Waals surface area (Å²) in [5.41, 5.74) is 3.02. The van der Waals surface area contributed by atoms with E-state index in [1.54, 1.807) is 0 Å². The average molecular weight is 266 g/mol. The molecule has 0 fully saturated rings. The molecule has 2 unspecified atom stereocenters. The summed E-state index contributed by atoms with van der Waals surface area (Å²) < 4.78 is 0. The third-order valence-electron chi connectivity index (χ3n) is 4.67. The summed E-state index contributed by atoms with van der Waals surface area (Å²) in [5, 5.41) is 0. The first kappa shape index (κ1) is 14.8. The van der Waals surface area contributed by atoms with Gasteiger partial charge in [-0.3, -0.25) is 0 Å². The van der Waals surface area contributed by atoms with Gasteiger partial charge in [0.1, 0.15) is 0 Å². The summed E-state index contributed by atoms with van der Waals surface area (Å²) in [5.74, 6) is 1.20. The molecule has 0 aromatic heterocycles. The lowest BCUT2D eigenvalue weighted by atomic mass is 9.65. The number of hydrogen-bond donors (Lipinski definition) is 0. The molecular formula is C20H26. The molecule has 2 rings (SSSR count). The van der Waals surface area contributed by atoms with Gasteiger partial charge in [-0.15, -0.1) is 0 Å². The van der Waals surface area contributed by atoms with Crippen LogP contribution >= 0.6 is 0 Å². The monoisotopic (exact) mass is 266 g/mol. The maximum Gasteiger partial charge on any atom is -0.00324 e. The van der Waals surface area contributed by atoms with E-state index in [4.69, 9.17) is 0 Å². The van der Waals surface area contributed by atoms with E-state index in [-0.39, 0.29) is 5.41 Å². The van der Waals surface area contributed by atoms with Crippen molar-refractivity contribution >= 4 is 0 Å². The highest BCUT2D eigenvalue weighted by atomic mass is 14.4. The maximum absolute atomic E-state index is 2.38. The Bertz CT molecular complexity index is 510. The molecule has 2 aromatic rings. The van der Waals surface area contributed by atoms with Crippen LogP contribution in [0.5, 0.6) is 0 Å². The fourth-order valence-corrected chi connectivity index (χ4v) is 3.40. The van der Waals surface area contributed by atoms with Gasteiger partial charge < -0.3 is 0 Å². The Morgan fingerprint density at radius 2 is 1.35 bits per heavy atom. The molecule has 0 radical (unpaired) electrons. The highest BCUT2D eigenvalue weighted by molar-refractivity contribution is 5.32. The summed E-state index contributed by atoms with van der Waals surface area (Å²) in [7, 11) is 0. The van der Waals surface area contributed by atoms with Crippen molar-refractivity contribution in [3.8, 4) is 0 Å². The molecular weight excluding hydrogens is 240 g/mol. The van der Waals surface area contributed by atoms with Crippen LogP contribution in [-0.4, -0.2) is 0 Å². The van der Waals surface area contributed by atoms with Crippen molar-refractivity contribution in [1.82, 2.24) is 0 Å². The van der Waals surface area contributed by atoms with Crippen molar-refractivity contribution in [1.29, 1.82) is 0 Å². The minimum atomic E-state index is 0.137. The SMILES string of the molecule is CCC(C)C(c1ccccc1)C(C)(C)c1ccccc1. The quantitative estimate of drug-likeness (QED) is 0.642. The topological polar surface area (TPSA) is 0 Å². The van der Waals surface area contributed by atoms with E-state index < -0.39 is 0 Å². The van der Waals surface area contributed by atoms with E-state index in [1.165, 1.54) is 17.5 Å². The lowest BCUT2D eigenvalue weighted by Crippen LogP contribution is -2.31. The molecule has 0 amide bonds. The Balaban J connectivity index is 2.46. The Morgan fingerprint density at radius 3 is 1.85 bits per heavy atom. The zero-order chi connectivity index (χ0) is 14.6. The minimum absolute atomic E-state index is 0.137. The molecule has 0 spiro atoms. The molecule has 0 heteroatoms. The Morgan fingerprint density at radius 1 is 0.850 bits per heavy atom. The number of benzene rings is 2. The second kappa shape index (κ2) is 6.26. The predicted octanol–water partition coefficient (Wildman–Crippen LogP) is 5.79. The number of hydrogen-bond acceptors (Lipinski definition) is 0. The van der Waals surface area contributed by atoms with Gasteiger partial charge in [0, 0.05) is 0 Å². The van der Waals surface area contributed by atoms with E-state index in [0.29, 0.717) is 11.8 Å². The summed E-state index contributed by atoms with van der Waals surface area (Å²) >= 11 is 0. The third-order valence-corrected chi connectivity index (χ3v) is 4.67. The maximum atomic E-state index is 2.38. The van der Waals surface area contributed by atoms with Crippen LogP contribution in [0, 0.1) is 5.92 Å². The first-order valence-electron chi connectivity index (χ1n) is 7.67. The first-order chi connectivity index (χ1) is 9.57. The fourth-order valence-electron chi connectivity index (χ4n) is 3.40. The molecule has 0 bridgehead atoms. The van der Waals surface area contributed by atoms with Crippen LogP contribution in [0.1, 0.15) is 51.2 Å². The second-order valence-corrected chi connectivity index (χ2v) is 6.36. The Labute approximate surface area is 123 Å². The molecule has 0 saturated carbocycles. The minimum Gasteiger partial charge on any atom is -0.0651 e. The van der Waals surface area contributed by atoms with Crippen LogP contribution in [-0.2, 0) is 5.41 Å². The molecule has 0 nitrogen and oxygen atoms in total. The summed E-state index contributed by atoms with van der Waals surface area (Å²) in [6.45, 7) is 9.43. The van der Waals surface area contributed by atoms with E-state index >= 15 is 0 Å². The highest BCUT2D eigenvalue weighted by Crippen LogP contribution is 2.44. The molecule has 0 saturated heterocycles. The van der Waals surface area contributed by atoms with Gasteiger partial charge in [-0.25, -0.2) is 0 Å². The van der Waals surface area contributed by atoms with Gasteiger partial charge in [0.2, 0.25) is 0 Å². The second-order valence-electron chi connectivity index (χ2n) is 6.36. The summed E-state index contributed by atoms with van der Waals surface area (Å²) in [6, 6.07) is 21.9. The Hall–Kier alpha value is -1.56. The van der Waals surface area contributed by atoms with Crippen LogP contribution in [0.4, 0.5) is 0 Å². The molecule has 0 aliphatic heterocycles. The highest BCUT2D eigenvalue weighted by Gasteiger charge is 2.35. The lowest BCUT2D eigenvalue weighted by Gasteiger charge is -2.39. The molecule has 20 heavy (non-hydrogen) atoms. The van der Waals surface area contributed by atoms with Crippen molar-refractivity contribution in [2.75, 3.05) is 0 Å². The zero-order valence-corrected chi connectivity index (χ0v) is 13.1. The molecule has 0 aliphatic carbocycles. The summed E-state index contributed by atoms with van der Waals surface area (Å²) in [6.07, 6.45) is 1.20. The largest absolute Gasteiger partial charge is 0.0651 e. The number of rotatable bonds is 5. The van der Waals surface area contributed by atoms with Gasteiger partial charge in [0.15, 0.2) is 0 Å². The molecule has 0 aliphatic rings. The average Bonchev–Trinajstić information content (AvgIpc) is 2.49. The van der Waals surface area contributed by atoms with Gasteiger partial charge in [0.05, 0.1) is 0 Å². The van der Waals surface area contributed by atoms with Crippen molar-refractivity contribution in [3.05, 3.63) is 71.8 Å². The van der Waals surface area contributed by atoms with Gasteiger partial charge >= 0.3 is 0 Å². The summed E-state index contributed by atoms with van der Waals surface area (Å²) in [4.78, 5) is 0. The predicted molar refractivity (Wildman–Crippen MR) is 88.1 cm³/mol. The molecule has 106 valence electrons. The van der Waals surface area contributed by atoms with Gasteiger partial charge in [-0.05, 0) is 28.4 Å². The smallest absolute Gasteiger partial charge is 0.00324 e. The molecule has 2 aromatic carbocycles. The standard InChI is InChI=1S/C20H26/c1-5-16(2)19(17-12-8-6-9-13-17)20(3,4)18-14-10-7-11-15-18/h6-16,19H,5H2,1-4H3. The van der Waals surface area contributed by atoms with Gasteiger partial charge in [-0.2, -0.15) is 0 Å². The van der Waals surface area contributed by atoms with E-state index in [2.05, 4.69) is 88.4 Å². The molecule has 2 atom stereocenters.